The quantitative estimate of drug-likeness (QED) is 0.737. The average Bonchev–Trinajstić information content (AvgIpc) is 2.18. The van der Waals surface area contributed by atoms with Crippen LogP contribution >= 0.6 is 0 Å². The van der Waals surface area contributed by atoms with Crippen molar-refractivity contribution in [2.75, 3.05) is 5.32 Å². The van der Waals surface area contributed by atoms with Crippen LogP contribution < -0.4 is 5.32 Å². The second kappa shape index (κ2) is 3.41. The molecule has 0 aliphatic rings. The number of carbonyl (C=O) groups excluding carboxylic acids is 1. The molecule has 1 amide bonds. The van der Waals surface area contributed by atoms with Crippen LogP contribution in [-0.4, -0.2) is 15.9 Å². The van der Waals surface area contributed by atoms with Crippen molar-refractivity contribution in [1.82, 2.24) is 9.97 Å². The number of aromatic nitrogens is 2. The summed E-state index contributed by atoms with van der Waals surface area (Å²) in [6.07, 6.45) is 3.23. The smallest absolute Gasteiger partial charge is 0.221 e. The van der Waals surface area contributed by atoms with Gasteiger partial charge in [-0.3, -0.25) is 14.8 Å². The summed E-state index contributed by atoms with van der Waals surface area (Å²) in [5, 5.41) is 2.71. The minimum atomic E-state index is -0.108. The van der Waals surface area contributed by atoms with Crippen LogP contribution in [0.3, 0.4) is 0 Å². The number of rotatable bonds is 1. The lowest BCUT2D eigenvalue weighted by atomic mass is 10.2. The number of fused-ring (bicyclic) bond motifs is 1. The van der Waals surface area contributed by atoms with Crippen molar-refractivity contribution >= 4 is 22.6 Å². The molecule has 2 aromatic rings. The van der Waals surface area contributed by atoms with Gasteiger partial charge in [0.1, 0.15) is 5.52 Å². The van der Waals surface area contributed by atoms with Gasteiger partial charge in [0.2, 0.25) is 5.91 Å². The number of para-hydroxylation sites is 1. The summed E-state index contributed by atoms with van der Waals surface area (Å²) in [6.45, 7) is 1.47. The summed E-state index contributed by atoms with van der Waals surface area (Å²) in [4.78, 5) is 19.2. The van der Waals surface area contributed by atoms with Crippen molar-refractivity contribution in [2.45, 2.75) is 6.92 Å². The Morgan fingerprint density at radius 1 is 1.29 bits per heavy atom. The molecule has 70 valence electrons. The Kier molecular flexibility index (Phi) is 2.10. The van der Waals surface area contributed by atoms with Gasteiger partial charge < -0.3 is 5.32 Å². The summed E-state index contributed by atoms with van der Waals surface area (Å²) in [5.74, 6) is -0.108. The molecule has 0 unspecified atom stereocenters. The third kappa shape index (κ3) is 1.54. The van der Waals surface area contributed by atoms with Gasteiger partial charge >= 0.3 is 0 Å². The number of benzene rings is 1. The zero-order chi connectivity index (χ0) is 9.97. The Bertz CT molecular complexity index is 476. The second-order valence-corrected chi connectivity index (χ2v) is 2.91. The van der Waals surface area contributed by atoms with Crippen LogP contribution in [0.25, 0.3) is 11.0 Å². The Hall–Kier alpha value is -1.97. The molecule has 1 aromatic heterocycles. The van der Waals surface area contributed by atoms with Gasteiger partial charge in [0.05, 0.1) is 11.2 Å². The summed E-state index contributed by atoms with van der Waals surface area (Å²) >= 11 is 0. The van der Waals surface area contributed by atoms with E-state index in [1.807, 2.05) is 12.1 Å². The molecule has 14 heavy (non-hydrogen) atoms. The molecule has 0 aliphatic carbocycles. The Balaban J connectivity index is 2.59. The lowest BCUT2D eigenvalue weighted by Crippen LogP contribution is -2.06. The molecule has 4 nitrogen and oxygen atoms in total. The molecule has 0 fully saturated rings. The molecule has 2 rings (SSSR count). The minimum Gasteiger partial charge on any atom is -0.324 e. The van der Waals surface area contributed by atoms with E-state index in [-0.39, 0.29) is 5.91 Å². The van der Waals surface area contributed by atoms with Crippen LogP contribution in [0.15, 0.2) is 30.6 Å². The predicted octanol–water partition coefficient (Wildman–Crippen LogP) is 1.59. The van der Waals surface area contributed by atoms with E-state index in [2.05, 4.69) is 15.3 Å². The number of carbonyl (C=O) groups is 1. The zero-order valence-electron chi connectivity index (χ0n) is 7.69. The molecule has 4 heteroatoms. The lowest BCUT2D eigenvalue weighted by molar-refractivity contribution is -0.114. The molecular weight excluding hydrogens is 178 g/mol. The maximum Gasteiger partial charge on any atom is 0.221 e. The van der Waals surface area contributed by atoms with Crippen LogP contribution in [0.1, 0.15) is 6.92 Å². The highest BCUT2D eigenvalue weighted by molar-refractivity contribution is 5.98. The number of hydrogen-bond donors (Lipinski definition) is 1. The van der Waals surface area contributed by atoms with E-state index in [0.29, 0.717) is 11.2 Å². The normalized spacial score (nSPS) is 10.1. The number of nitrogens with one attached hydrogen (secondary N) is 1. The van der Waals surface area contributed by atoms with Crippen molar-refractivity contribution in [1.29, 1.82) is 0 Å². The molecule has 0 bridgehead atoms. The third-order valence-corrected chi connectivity index (χ3v) is 1.81. The van der Waals surface area contributed by atoms with Gasteiger partial charge in [-0.2, -0.15) is 0 Å². The van der Waals surface area contributed by atoms with E-state index in [1.165, 1.54) is 6.92 Å². The standard InChI is InChI=1S/C10H9N3O/c1-7(14)13-9-4-2-3-8-10(9)12-6-5-11-8/h2-6H,1H3,(H,13,14). The van der Waals surface area contributed by atoms with Crippen molar-refractivity contribution in [3.8, 4) is 0 Å². The third-order valence-electron chi connectivity index (χ3n) is 1.81. The summed E-state index contributed by atoms with van der Waals surface area (Å²) in [6, 6.07) is 5.49. The maximum absolute atomic E-state index is 10.9. The summed E-state index contributed by atoms with van der Waals surface area (Å²) < 4.78 is 0. The van der Waals surface area contributed by atoms with E-state index in [0.717, 1.165) is 5.52 Å². The first-order chi connectivity index (χ1) is 6.77. The first-order valence-electron chi connectivity index (χ1n) is 4.25. The van der Waals surface area contributed by atoms with Crippen LogP contribution in [0, 0.1) is 0 Å². The molecule has 0 radical (unpaired) electrons. The minimum absolute atomic E-state index is 0.108. The monoisotopic (exact) mass is 187 g/mol. The summed E-state index contributed by atoms with van der Waals surface area (Å²) in [5.41, 5.74) is 2.19. The van der Waals surface area contributed by atoms with Crippen molar-refractivity contribution in [2.24, 2.45) is 0 Å². The zero-order valence-corrected chi connectivity index (χ0v) is 7.69. The number of hydrogen-bond acceptors (Lipinski definition) is 3. The van der Waals surface area contributed by atoms with Gasteiger partial charge in [0.15, 0.2) is 0 Å². The largest absolute Gasteiger partial charge is 0.324 e. The highest BCUT2D eigenvalue weighted by atomic mass is 16.1. The van der Waals surface area contributed by atoms with Gasteiger partial charge in [0.25, 0.3) is 0 Å². The molecule has 1 N–H and O–H groups in total. The van der Waals surface area contributed by atoms with Crippen molar-refractivity contribution in [3.63, 3.8) is 0 Å². The van der Waals surface area contributed by atoms with E-state index in [9.17, 15) is 4.79 Å². The van der Waals surface area contributed by atoms with Gasteiger partial charge in [-0.15, -0.1) is 0 Å². The van der Waals surface area contributed by atoms with Crippen molar-refractivity contribution in [3.05, 3.63) is 30.6 Å². The van der Waals surface area contributed by atoms with Crippen LogP contribution in [0.2, 0.25) is 0 Å². The van der Waals surface area contributed by atoms with Gasteiger partial charge in [-0.05, 0) is 12.1 Å². The van der Waals surface area contributed by atoms with Crippen LogP contribution in [0.5, 0.6) is 0 Å². The fourth-order valence-electron chi connectivity index (χ4n) is 1.28. The van der Waals surface area contributed by atoms with Gasteiger partial charge in [-0.25, -0.2) is 0 Å². The van der Waals surface area contributed by atoms with Crippen molar-refractivity contribution < 1.29 is 4.79 Å². The van der Waals surface area contributed by atoms with E-state index in [1.54, 1.807) is 18.5 Å². The second-order valence-electron chi connectivity index (χ2n) is 2.91. The molecule has 0 atom stereocenters. The fourth-order valence-corrected chi connectivity index (χ4v) is 1.28. The highest BCUT2D eigenvalue weighted by Crippen LogP contribution is 2.18. The SMILES string of the molecule is CC(=O)Nc1cccc2nccnc12. The topological polar surface area (TPSA) is 54.9 Å². The van der Waals surface area contributed by atoms with Crippen LogP contribution in [0.4, 0.5) is 5.69 Å². The average molecular weight is 187 g/mol. The van der Waals surface area contributed by atoms with E-state index >= 15 is 0 Å². The Morgan fingerprint density at radius 2 is 2.07 bits per heavy atom. The Morgan fingerprint density at radius 3 is 2.86 bits per heavy atom. The number of anilines is 1. The molecule has 1 heterocycles. The highest BCUT2D eigenvalue weighted by Gasteiger charge is 2.02. The molecule has 0 saturated heterocycles. The molecule has 0 saturated carbocycles. The maximum atomic E-state index is 10.9. The Labute approximate surface area is 81.0 Å². The molecule has 0 spiro atoms. The molecular formula is C10H9N3O. The summed E-state index contributed by atoms with van der Waals surface area (Å²) in [7, 11) is 0. The van der Waals surface area contributed by atoms with Gasteiger partial charge in [0, 0.05) is 19.3 Å². The first-order valence-corrected chi connectivity index (χ1v) is 4.25. The number of nitrogens with zero attached hydrogens (tertiary/aromatic N) is 2. The van der Waals surface area contributed by atoms with E-state index < -0.39 is 0 Å². The predicted molar refractivity (Wildman–Crippen MR) is 53.8 cm³/mol. The fraction of sp³-hybridized carbons (Fsp3) is 0.100. The number of amides is 1. The van der Waals surface area contributed by atoms with E-state index in [4.69, 9.17) is 0 Å². The van der Waals surface area contributed by atoms with Crippen LogP contribution in [-0.2, 0) is 4.79 Å². The molecule has 0 aliphatic heterocycles. The van der Waals surface area contributed by atoms with Gasteiger partial charge in [-0.1, -0.05) is 6.07 Å². The first kappa shape index (κ1) is 8.62. The lowest BCUT2D eigenvalue weighted by Gasteiger charge is -2.04. The molecule has 1 aromatic carbocycles.